The highest BCUT2D eigenvalue weighted by molar-refractivity contribution is 9.10. The van der Waals surface area contributed by atoms with E-state index in [0.29, 0.717) is 22.2 Å². The Morgan fingerprint density at radius 3 is 2.34 bits per heavy atom. The number of benzene rings is 3. The van der Waals surface area contributed by atoms with Crippen molar-refractivity contribution in [2.45, 2.75) is 28.5 Å². The van der Waals surface area contributed by atoms with Gasteiger partial charge >= 0.3 is 0 Å². The van der Waals surface area contributed by atoms with Crippen LogP contribution in [0.4, 0.5) is 5.69 Å². The van der Waals surface area contributed by atoms with E-state index in [0.717, 1.165) is 14.8 Å². The molecule has 4 aliphatic rings. The standard InChI is InChI=1S/C31H23BrCl2N2O5/c1-35-28(40)30(33)14-21-19(11-12-20-23(21)27(39)36(26(20)38)17-9-7-16(32)8-10-17)25(31(30,34)29(35)41)24-18-5-3-2-4-15(18)6-13-22(24)37/h2-11,13,20-21,23,25,37H,12,14H2,1H3. The summed E-state index contributed by atoms with van der Waals surface area (Å²) in [6, 6.07) is 17.6. The van der Waals surface area contributed by atoms with E-state index >= 15 is 0 Å². The van der Waals surface area contributed by atoms with Gasteiger partial charge in [0.15, 0.2) is 9.75 Å². The summed E-state index contributed by atoms with van der Waals surface area (Å²) >= 11 is 17.9. The fourth-order valence-electron chi connectivity index (χ4n) is 7.49. The van der Waals surface area contributed by atoms with E-state index in [9.17, 15) is 24.3 Å². The van der Waals surface area contributed by atoms with E-state index in [1.54, 1.807) is 30.3 Å². The number of carbonyl (C=O) groups is 4. The quantitative estimate of drug-likeness (QED) is 0.224. The lowest BCUT2D eigenvalue weighted by Gasteiger charge is -2.51. The number of carbonyl (C=O) groups excluding carboxylic acids is 4. The highest BCUT2D eigenvalue weighted by Crippen LogP contribution is 2.66. The summed E-state index contributed by atoms with van der Waals surface area (Å²) in [7, 11) is 1.34. The molecular weight excluding hydrogens is 631 g/mol. The fraction of sp³-hybridized carbons (Fsp3) is 0.290. The minimum absolute atomic E-state index is 0.100. The Morgan fingerprint density at radius 2 is 1.61 bits per heavy atom. The van der Waals surface area contributed by atoms with E-state index in [2.05, 4.69) is 15.9 Å². The number of imide groups is 2. The minimum atomic E-state index is -1.96. The molecule has 3 aromatic carbocycles. The first-order valence-corrected chi connectivity index (χ1v) is 14.8. The van der Waals surface area contributed by atoms with Crippen LogP contribution in [0.15, 0.2) is 76.8 Å². The normalized spacial score (nSPS) is 32.7. The zero-order chi connectivity index (χ0) is 29.0. The maximum atomic E-state index is 14.1. The van der Waals surface area contributed by atoms with Crippen LogP contribution in [-0.2, 0) is 19.2 Å². The molecule has 2 aliphatic heterocycles. The van der Waals surface area contributed by atoms with E-state index in [1.807, 2.05) is 30.3 Å². The van der Waals surface area contributed by atoms with Gasteiger partial charge in [0.25, 0.3) is 11.8 Å². The van der Waals surface area contributed by atoms with Gasteiger partial charge in [-0.3, -0.25) is 29.0 Å². The maximum Gasteiger partial charge on any atom is 0.253 e. The summed E-state index contributed by atoms with van der Waals surface area (Å²) in [5.41, 5.74) is 1.47. The van der Waals surface area contributed by atoms with Crippen molar-refractivity contribution < 1.29 is 24.3 Å². The number of amides is 4. The van der Waals surface area contributed by atoms with Crippen molar-refractivity contribution in [1.29, 1.82) is 0 Å². The molecule has 1 saturated carbocycles. The van der Waals surface area contributed by atoms with Gasteiger partial charge in [-0.05, 0) is 59.9 Å². The Balaban J connectivity index is 1.45. The number of hydrogen-bond donors (Lipinski definition) is 1. The van der Waals surface area contributed by atoms with E-state index < -0.39 is 45.2 Å². The summed E-state index contributed by atoms with van der Waals surface area (Å²) in [5, 5.41) is 12.8. The van der Waals surface area contributed by atoms with Crippen molar-refractivity contribution in [3.8, 4) is 5.75 Å². The molecule has 3 fully saturated rings. The van der Waals surface area contributed by atoms with Crippen molar-refractivity contribution in [2.24, 2.45) is 17.8 Å². The molecule has 0 aromatic heterocycles. The number of phenols is 1. The molecule has 0 bridgehead atoms. The summed E-state index contributed by atoms with van der Waals surface area (Å²) in [6.07, 6.45) is 2.01. The number of halogens is 3. The molecule has 3 aromatic rings. The SMILES string of the molecule is CN1C(=O)C2(Cl)CC3C(=CCC4C(=O)N(c5ccc(Br)cc5)C(=O)C43)C(c3c(O)ccc4ccccc34)C2(Cl)C1=O. The molecule has 208 valence electrons. The zero-order valence-corrected chi connectivity index (χ0v) is 24.8. The topological polar surface area (TPSA) is 95.0 Å². The first kappa shape index (κ1) is 26.7. The zero-order valence-electron chi connectivity index (χ0n) is 21.7. The van der Waals surface area contributed by atoms with Crippen molar-refractivity contribution in [3.63, 3.8) is 0 Å². The van der Waals surface area contributed by atoms with Crippen LogP contribution in [0.25, 0.3) is 10.8 Å². The molecule has 7 rings (SSSR count). The van der Waals surface area contributed by atoms with Crippen molar-refractivity contribution in [3.05, 3.63) is 82.3 Å². The molecule has 0 radical (unpaired) electrons. The Labute approximate surface area is 253 Å². The molecule has 6 atom stereocenters. The predicted octanol–water partition coefficient (Wildman–Crippen LogP) is 5.50. The molecular formula is C31H23BrCl2N2O5. The first-order valence-electron chi connectivity index (χ1n) is 13.2. The lowest BCUT2D eigenvalue weighted by atomic mass is 9.56. The highest BCUT2D eigenvalue weighted by Gasteiger charge is 2.76. The van der Waals surface area contributed by atoms with Gasteiger partial charge in [-0.2, -0.15) is 0 Å². The maximum absolute atomic E-state index is 14.1. The van der Waals surface area contributed by atoms with Gasteiger partial charge in [-0.1, -0.05) is 57.9 Å². The van der Waals surface area contributed by atoms with Gasteiger partial charge in [-0.25, -0.2) is 0 Å². The van der Waals surface area contributed by atoms with Crippen LogP contribution in [-0.4, -0.2) is 50.4 Å². The Kier molecular flexibility index (Phi) is 5.79. The fourth-order valence-corrected chi connectivity index (χ4v) is 8.76. The number of anilines is 1. The van der Waals surface area contributed by atoms with Gasteiger partial charge in [-0.15, -0.1) is 23.2 Å². The monoisotopic (exact) mass is 652 g/mol. The van der Waals surface area contributed by atoms with Gasteiger partial charge in [0.2, 0.25) is 11.8 Å². The van der Waals surface area contributed by atoms with Crippen LogP contribution < -0.4 is 4.90 Å². The minimum Gasteiger partial charge on any atom is -0.508 e. The smallest absolute Gasteiger partial charge is 0.253 e. The van der Waals surface area contributed by atoms with Crippen LogP contribution in [0.1, 0.15) is 24.3 Å². The van der Waals surface area contributed by atoms with E-state index in [4.69, 9.17) is 23.2 Å². The van der Waals surface area contributed by atoms with Gasteiger partial charge < -0.3 is 5.11 Å². The second kappa shape index (κ2) is 8.90. The third kappa shape index (κ3) is 3.32. The van der Waals surface area contributed by atoms with E-state index in [-0.39, 0.29) is 30.4 Å². The van der Waals surface area contributed by atoms with Crippen molar-refractivity contribution >= 4 is 79.2 Å². The van der Waals surface area contributed by atoms with Gasteiger partial charge in [0.1, 0.15) is 5.75 Å². The molecule has 6 unspecified atom stereocenters. The highest BCUT2D eigenvalue weighted by atomic mass is 79.9. The largest absolute Gasteiger partial charge is 0.508 e. The van der Waals surface area contributed by atoms with Gasteiger partial charge in [0, 0.05) is 23.0 Å². The van der Waals surface area contributed by atoms with Gasteiger partial charge in [0.05, 0.1) is 17.5 Å². The summed E-state index contributed by atoms with van der Waals surface area (Å²) in [4.78, 5) is 53.5. The summed E-state index contributed by atoms with van der Waals surface area (Å²) < 4.78 is 0.808. The number of allylic oxidation sites excluding steroid dienone is 2. The average Bonchev–Trinajstić information content (AvgIpc) is 3.29. The molecule has 2 saturated heterocycles. The van der Waals surface area contributed by atoms with Crippen molar-refractivity contribution in [2.75, 3.05) is 11.9 Å². The molecule has 4 amide bonds. The molecule has 2 aliphatic carbocycles. The number of fused-ring (bicyclic) bond motifs is 5. The number of phenolic OH excluding ortho intramolecular Hbond substituents is 1. The molecule has 1 N–H and O–H groups in total. The first-order chi connectivity index (χ1) is 19.5. The molecule has 2 heterocycles. The summed E-state index contributed by atoms with van der Waals surface area (Å²) in [6.45, 7) is 0. The summed E-state index contributed by atoms with van der Waals surface area (Å²) in [5.74, 6) is -5.29. The van der Waals surface area contributed by atoms with E-state index in [1.165, 1.54) is 18.0 Å². The van der Waals surface area contributed by atoms with Crippen LogP contribution >= 0.6 is 39.1 Å². The van der Waals surface area contributed by atoms with Crippen LogP contribution in [0.3, 0.4) is 0 Å². The molecule has 41 heavy (non-hydrogen) atoms. The molecule has 7 nitrogen and oxygen atoms in total. The third-order valence-electron chi connectivity index (χ3n) is 9.34. The number of alkyl halides is 2. The second-order valence-corrected chi connectivity index (χ2v) is 13.4. The lowest BCUT2D eigenvalue weighted by molar-refractivity contribution is -0.138. The Hall–Kier alpha value is -3.20. The Bertz CT molecular complexity index is 1740. The molecule has 10 heteroatoms. The number of aromatic hydroxyl groups is 1. The predicted molar refractivity (Wildman–Crippen MR) is 158 cm³/mol. The number of rotatable bonds is 2. The Morgan fingerprint density at radius 1 is 0.902 bits per heavy atom. The van der Waals surface area contributed by atoms with Crippen LogP contribution in [0.5, 0.6) is 5.75 Å². The number of nitrogens with zero attached hydrogens (tertiary/aromatic N) is 2. The second-order valence-electron chi connectivity index (χ2n) is 11.2. The van der Waals surface area contributed by atoms with Crippen LogP contribution in [0.2, 0.25) is 0 Å². The average molecular weight is 654 g/mol. The van der Waals surface area contributed by atoms with Crippen LogP contribution in [0, 0.1) is 17.8 Å². The lowest BCUT2D eigenvalue weighted by Crippen LogP contribution is -2.60. The number of hydrogen-bond acceptors (Lipinski definition) is 5. The van der Waals surface area contributed by atoms with Crippen molar-refractivity contribution in [1.82, 2.24) is 4.90 Å². The molecule has 0 spiro atoms. The number of likely N-dealkylation sites (tertiary alicyclic amines) is 1. The third-order valence-corrected chi connectivity index (χ3v) is 11.3.